The Bertz CT molecular complexity index is 782. The van der Waals surface area contributed by atoms with Gasteiger partial charge in [0.05, 0.1) is 0 Å². The lowest BCUT2D eigenvalue weighted by molar-refractivity contribution is -0.0940. The van der Waals surface area contributed by atoms with Gasteiger partial charge < -0.3 is 19.5 Å². The number of nitrogens with one attached hydrogen (secondary N) is 1. The van der Waals surface area contributed by atoms with Crippen LogP contribution >= 0.6 is 11.3 Å². The monoisotopic (exact) mass is 404 g/mol. The van der Waals surface area contributed by atoms with Crippen molar-refractivity contribution in [3.63, 3.8) is 0 Å². The van der Waals surface area contributed by atoms with Gasteiger partial charge in [-0.2, -0.15) is 0 Å². The normalized spacial score (nSPS) is 19.9. The number of rotatable bonds is 5. The topological polar surface area (TPSA) is 69.7 Å². The molecule has 1 fully saturated rings. The molecule has 2 atom stereocenters. The van der Waals surface area contributed by atoms with Crippen molar-refractivity contribution in [2.45, 2.75) is 58.3 Å². The van der Waals surface area contributed by atoms with Crippen LogP contribution in [0.4, 0.5) is 4.79 Å². The largest absolute Gasteiger partial charge is 0.491 e. The van der Waals surface area contributed by atoms with Gasteiger partial charge in [-0.25, -0.2) is 9.78 Å². The van der Waals surface area contributed by atoms with Crippen molar-refractivity contribution in [3.8, 4) is 16.3 Å². The van der Waals surface area contributed by atoms with Crippen molar-refractivity contribution in [2.24, 2.45) is 0 Å². The summed E-state index contributed by atoms with van der Waals surface area (Å²) < 4.78 is 17.3. The summed E-state index contributed by atoms with van der Waals surface area (Å²) in [5, 5.41) is 3.82. The molecule has 2 heterocycles. The number of amides is 1. The third-order valence-electron chi connectivity index (χ3n) is 4.25. The van der Waals surface area contributed by atoms with Gasteiger partial charge in [0.1, 0.15) is 29.6 Å². The van der Waals surface area contributed by atoms with Gasteiger partial charge in [-0.15, -0.1) is 11.3 Å². The van der Waals surface area contributed by atoms with E-state index in [1.54, 1.807) is 11.3 Å². The summed E-state index contributed by atoms with van der Waals surface area (Å²) in [6.45, 7) is 8.79. The van der Waals surface area contributed by atoms with Gasteiger partial charge in [-0.1, -0.05) is 0 Å². The number of carbonyl (C=O) groups excluding carboxylic acids is 1. The van der Waals surface area contributed by atoms with E-state index in [2.05, 4.69) is 10.3 Å². The highest BCUT2D eigenvalue weighted by Crippen LogP contribution is 2.27. The number of thiazole rings is 1. The molecule has 0 bridgehead atoms. The smallest absolute Gasteiger partial charge is 0.407 e. The van der Waals surface area contributed by atoms with Gasteiger partial charge in [-0.3, -0.25) is 0 Å². The Hall–Kier alpha value is -2.12. The van der Waals surface area contributed by atoms with Crippen molar-refractivity contribution in [1.82, 2.24) is 10.3 Å². The number of ether oxygens (including phenoxy) is 3. The molecule has 1 N–H and O–H groups in total. The van der Waals surface area contributed by atoms with Crippen LogP contribution in [0.3, 0.4) is 0 Å². The summed E-state index contributed by atoms with van der Waals surface area (Å²) in [6, 6.07) is 7.86. The SMILES string of the molecule is Cc1cnc(-c2ccc(OC[C@@H]3OCCC[C@@H]3OC(=O)NC(C)(C)C)cc2)s1. The number of nitrogens with zero attached hydrogens (tertiary/aromatic N) is 1. The third kappa shape index (κ3) is 5.94. The number of hydrogen-bond acceptors (Lipinski definition) is 6. The molecule has 28 heavy (non-hydrogen) atoms. The van der Waals surface area contributed by atoms with E-state index in [0.29, 0.717) is 13.2 Å². The van der Waals surface area contributed by atoms with Crippen molar-refractivity contribution in [1.29, 1.82) is 0 Å². The van der Waals surface area contributed by atoms with E-state index in [1.165, 1.54) is 4.88 Å². The van der Waals surface area contributed by atoms with E-state index in [1.807, 2.05) is 58.2 Å². The molecule has 3 rings (SSSR count). The van der Waals surface area contributed by atoms with Crippen LogP contribution in [0.2, 0.25) is 0 Å². The minimum Gasteiger partial charge on any atom is -0.491 e. The maximum atomic E-state index is 12.1. The Kier molecular flexibility index (Phi) is 6.57. The van der Waals surface area contributed by atoms with Crippen LogP contribution in [-0.4, -0.2) is 42.0 Å². The predicted octanol–water partition coefficient (Wildman–Crippen LogP) is 4.57. The molecule has 2 aromatic rings. The highest BCUT2D eigenvalue weighted by atomic mass is 32.1. The van der Waals surface area contributed by atoms with Crippen LogP contribution in [0.25, 0.3) is 10.6 Å². The zero-order valence-corrected chi connectivity index (χ0v) is 17.7. The summed E-state index contributed by atoms with van der Waals surface area (Å²) >= 11 is 1.67. The van der Waals surface area contributed by atoms with Crippen LogP contribution in [0, 0.1) is 6.92 Å². The molecule has 0 aliphatic carbocycles. The molecule has 1 aromatic heterocycles. The van der Waals surface area contributed by atoms with Crippen LogP contribution in [0.5, 0.6) is 5.75 Å². The first kappa shape index (κ1) is 20.6. The molecule has 1 aromatic carbocycles. The summed E-state index contributed by atoms with van der Waals surface area (Å²) in [5.41, 5.74) is 0.732. The fourth-order valence-corrected chi connectivity index (χ4v) is 3.71. The second kappa shape index (κ2) is 8.92. The first-order chi connectivity index (χ1) is 13.3. The van der Waals surface area contributed by atoms with Gasteiger partial charge >= 0.3 is 6.09 Å². The van der Waals surface area contributed by atoms with Crippen LogP contribution in [-0.2, 0) is 9.47 Å². The Morgan fingerprint density at radius 1 is 1.32 bits per heavy atom. The summed E-state index contributed by atoms with van der Waals surface area (Å²) in [7, 11) is 0. The molecule has 1 aliphatic heterocycles. The first-order valence-corrected chi connectivity index (χ1v) is 10.4. The molecule has 1 aliphatic rings. The van der Waals surface area contributed by atoms with E-state index in [0.717, 1.165) is 29.2 Å². The molecule has 152 valence electrons. The first-order valence-electron chi connectivity index (χ1n) is 9.56. The molecule has 0 unspecified atom stereocenters. The van der Waals surface area contributed by atoms with Gasteiger partial charge in [0.2, 0.25) is 0 Å². The molecule has 0 spiro atoms. The second-order valence-corrected chi connectivity index (χ2v) is 9.22. The van der Waals surface area contributed by atoms with Crippen molar-refractivity contribution in [2.75, 3.05) is 13.2 Å². The van der Waals surface area contributed by atoms with E-state index in [9.17, 15) is 4.79 Å². The molecule has 0 radical (unpaired) electrons. The molecule has 6 nitrogen and oxygen atoms in total. The highest BCUT2D eigenvalue weighted by molar-refractivity contribution is 7.14. The highest BCUT2D eigenvalue weighted by Gasteiger charge is 2.31. The Balaban J connectivity index is 1.55. The fourth-order valence-electron chi connectivity index (χ4n) is 2.94. The summed E-state index contributed by atoms with van der Waals surface area (Å²) in [5.74, 6) is 0.754. The van der Waals surface area contributed by atoms with Gasteiger partial charge in [0, 0.05) is 28.8 Å². The summed E-state index contributed by atoms with van der Waals surface area (Å²) in [6.07, 6.45) is 2.51. The standard InChI is InChI=1S/C21H28N2O4S/c1-14-12-22-19(28-14)15-7-9-16(10-8-15)26-13-18-17(6-5-11-25-18)27-20(24)23-21(2,3)4/h7-10,12,17-18H,5-6,11,13H2,1-4H3,(H,23,24)/t17-,18-/m0/s1. The number of aryl methyl sites for hydroxylation is 1. The van der Waals surface area contributed by atoms with Crippen molar-refractivity contribution < 1.29 is 19.0 Å². The lowest BCUT2D eigenvalue weighted by Crippen LogP contribution is -2.47. The van der Waals surface area contributed by atoms with Crippen molar-refractivity contribution in [3.05, 3.63) is 35.3 Å². The Morgan fingerprint density at radius 3 is 2.71 bits per heavy atom. The molecular formula is C21H28N2O4S. The molecule has 0 saturated carbocycles. The number of alkyl carbamates (subject to hydrolysis) is 1. The quantitative estimate of drug-likeness (QED) is 0.790. The molecule has 1 amide bonds. The lowest BCUT2D eigenvalue weighted by Gasteiger charge is -2.32. The lowest BCUT2D eigenvalue weighted by atomic mass is 10.1. The molecule has 1 saturated heterocycles. The van der Waals surface area contributed by atoms with Crippen LogP contribution < -0.4 is 10.1 Å². The maximum Gasteiger partial charge on any atom is 0.407 e. The molecular weight excluding hydrogens is 376 g/mol. The van der Waals surface area contributed by atoms with E-state index >= 15 is 0 Å². The van der Waals surface area contributed by atoms with Crippen LogP contribution in [0.1, 0.15) is 38.5 Å². The number of benzene rings is 1. The third-order valence-corrected chi connectivity index (χ3v) is 5.21. The zero-order chi connectivity index (χ0) is 20.1. The van der Waals surface area contributed by atoms with Gasteiger partial charge in [0.15, 0.2) is 0 Å². The van der Waals surface area contributed by atoms with Crippen molar-refractivity contribution >= 4 is 17.4 Å². The van der Waals surface area contributed by atoms with Gasteiger partial charge in [-0.05, 0) is 64.8 Å². The van der Waals surface area contributed by atoms with Gasteiger partial charge in [0.25, 0.3) is 0 Å². The number of hydrogen-bond donors (Lipinski definition) is 1. The second-order valence-electron chi connectivity index (χ2n) is 7.98. The van der Waals surface area contributed by atoms with E-state index in [4.69, 9.17) is 14.2 Å². The van der Waals surface area contributed by atoms with Crippen LogP contribution in [0.15, 0.2) is 30.5 Å². The minimum absolute atomic E-state index is 0.277. The fraction of sp³-hybridized carbons (Fsp3) is 0.524. The zero-order valence-electron chi connectivity index (χ0n) is 16.9. The Labute approximate surface area is 170 Å². The summed E-state index contributed by atoms with van der Waals surface area (Å²) in [4.78, 5) is 17.7. The average Bonchev–Trinajstić information content (AvgIpc) is 3.06. The maximum absolute atomic E-state index is 12.1. The van der Waals surface area contributed by atoms with E-state index in [-0.39, 0.29) is 17.7 Å². The predicted molar refractivity (Wildman–Crippen MR) is 110 cm³/mol. The Morgan fingerprint density at radius 2 is 2.07 bits per heavy atom. The number of carbonyl (C=O) groups is 1. The average molecular weight is 405 g/mol. The molecule has 7 heteroatoms. The minimum atomic E-state index is -0.420. The van der Waals surface area contributed by atoms with E-state index < -0.39 is 6.09 Å². The number of aromatic nitrogens is 1.